The van der Waals surface area contributed by atoms with Crippen LogP contribution in [0.1, 0.15) is 200 Å². The lowest BCUT2D eigenvalue weighted by Gasteiger charge is -2.29. The van der Waals surface area contributed by atoms with E-state index in [4.69, 9.17) is 9.47 Å². The summed E-state index contributed by atoms with van der Waals surface area (Å²) < 4.78 is 13.5. The number of hydrogen-bond acceptors (Lipinski definition) is 4. The van der Waals surface area contributed by atoms with Crippen LogP contribution in [0.3, 0.4) is 0 Å². The molecule has 1 aromatic heterocycles. The standard InChI is InChI=1S/C49H84N2O2/c1-4-7-9-11-13-15-17-19-21-23-25-27-29-31-33-35-40-49(41-36-34-32-30-28-26-24-22-20-18-16-14-12-10-8-5-2)52-46-48(53-49)39-44-51(6-3)45-47-37-42-50-43-38-47/h13-16,19-22,37-38,42-43,48H,4-12,17-18,23-36,39-41,44-46H2,1-3H3. The fourth-order valence-corrected chi connectivity index (χ4v) is 7.33. The minimum absolute atomic E-state index is 0.204. The van der Waals surface area contributed by atoms with Gasteiger partial charge in [0.2, 0.25) is 0 Å². The highest BCUT2D eigenvalue weighted by molar-refractivity contribution is 5.09. The molecule has 0 N–H and O–H groups in total. The monoisotopic (exact) mass is 733 g/mol. The molecule has 0 bridgehead atoms. The first-order valence-corrected chi connectivity index (χ1v) is 22.7. The molecule has 2 rings (SSSR count). The lowest BCUT2D eigenvalue weighted by molar-refractivity contribution is -0.180. The van der Waals surface area contributed by atoms with Crippen molar-refractivity contribution in [1.82, 2.24) is 9.88 Å². The van der Waals surface area contributed by atoms with Crippen molar-refractivity contribution in [3.05, 3.63) is 78.7 Å². The summed E-state index contributed by atoms with van der Waals surface area (Å²) in [5, 5.41) is 0. The maximum absolute atomic E-state index is 6.86. The zero-order valence-corrected chi connectivity index (χ0v) is 35.1. The van der Waals surface area contributed by atoms with Crippen molar-refractivity contribution in [3.63, 3.8) is 0 Å². The van der Waals surface area contributed by atoms with E-state index in [-0.39, 0.29) is 11.9 Å². The quantitative estimate of drug-likeness (QED) is 0.0508. The summed E-state index contributed by atoms with van der Waals surface area (Å²) in [5.41, 5.74) is 1.33. The third kappa shape index (κ3) is 26.4. The summed E-state index contributed by atoms with van der Waals surface area (Å²) in [4.78, 5) is 6.70. The molecule has 1 aliphatic rings. The van der Waals surface area contributed by atoms with Crippen molar-refractivity contribution >= 4 is 0 Å². The van der Waals surface area contributed by atoms with Gasteiger partial charge < -0.3 is 9.47 Å². The van der Waals surface area contributed by atoms with Gasteiger partial charge >= 0.3 is 0 Å². The molecule has 4 nitrogen and oxygen atoms in total. The second-order valence-electron chi connectivity index (χ2n) is 15.6. The summed E-state index contributed by atoms with van der Waals surface area (Å²) in [6.45, 7) is 10.6. The van der Waals surface area contributed by atoms with Crippen LogP contribution in [-0.2, 0) is 16.0 Å². The lowest BCUT2D eigenvalue weighted by atomic mass is 9.98. The van der Waals surface area contributed by atoms with E-state index < -0.39 is 0 Å². The lowest BCUT2D eigenvalue weighted by Crippen LogP contribution is -2.32. The highest BCUT2D eigenvalue weighted by atomic mass is 16.7. The molecule has 0 aromatic carbocycles. The van der Waals surface area contributed by atoms with Crippen LogP contribution in [0.2, 0.25) is 0 Å². The van der Waals surface area contributed by atoms with E-state index in [1.807, 2.05) is 12.4 Å². The average molecular weight is 733 g/mol. The van der Waals surface area contributed by atoms with Gasteiger partial charge in [-0.3, -0.25) is 9.88 Å². The van der Waals surface area contributed by atoms with E-state index in [9.17, 15) is 0 Å². The molecule has 0 saturated carbocycles. The maximum atomic E-state index is 6.86. The summed E-state index contributed by atoms with van der Waals surface area (Å²) in [7, 11) is 0. The van der Waals surface area contributed by atoms with Crippen LogP contribution in [0, 0.1) is 0 Å². The van der Waals surface area contributed by atoms with E-state index in [1.54, 1.807) is 0 Å². The highest BCUT2D eigenvalue weighted by Gasteiger charge is 2.40. The number of rotatable bonds is 36. The summed E-state index contributed by atoms with van der Waals surface area (Å²) in [6, 6.07) is 4.26. The van der Waals surface area contributed by atoms with Crippen LogP contribution in [0.25, 0.3) is 0 Å². The van der Waals surface area contributed by atoms with Gasteiger partial charge in [-0.2, -0.15) is 0 Å². The first kappa shape index (κ1) is 47.1. The maximum Gasteiger partial charge on any atom is 0.168 e. The molecular formula is C49H84N2O2. The molecule has 1 atom stereocenters. The number of unbranched alkanes of at least 4 members (excludes halogenated alkanes) is 18. The van der Waals surface area contributed by atoms with E-state index in [1.165, 1.54) is 147 Å². The molecule has 2 heterocycles. The molecule has 0 aliphatic carbocycles. The SMILES string of the molecule is CCCCCC=CCC=CCCCCCCCCC1(CCCCCCCCC=CCC=CCCCCC)OCC(CCN(CC)Cc2ccncc2)O1. The largest absolute Gasteiger partial charge is 0.347 e. The molecule has 0 amide bonds. The van der Waals surface area contributed by atoms with Gasteiger partial charge in [0.05, 0.1) is 12.7 Å². The molecule has 0 radical (unpaired) electrons. The van der Waals surface area contributed by atoms with Crippen LogP contribution in [-0.4, -0.2) is 41.5 Å². The first-order valence-electron chi connectivity index (χ1n) is 22.7. The molecule has 0 spiro atoms. The first-order chi connectivity index (χ1) is 26.2. The smallest absolute Gasteiger partial charge is 0.168 e. The normalized spacial score (nSPS) is 18.0. The van der Waals surface area contributed by atoms with Gasteiger partial charge in [-0.25, -0.2) is 0 Å². The van der Waals surface area contributed by atoms with Crippen molar-refractivity contribution in [2.45, 2.75) is 213 Å². The fourth-order valence-electron chi connectivity index (χ4n) is 7.33. The number of allylic oxidation sites excluding steroid dienone is 8. The Morgan fingerprint density at radius 2 is 1.06 bits per heavy atom. The Morgan fingerprint density at radius 3 is 1.53 bits per heavy atom. The third-order valence-electron chi connectivity index (χ3n) is 10.8. The van der Waals surface area contributed by atoms with Crippen molar-refractivity contribution in [1.29, 1.82) is 0 Å². The van der Waals surface area contributed by atoms with Gasteiger partial charge in [0.25, 0.3) is 0 Å². The number of nitrogens with zero attached hydrogens (tertiary/aromatic N) is 2. The molecule has 1 saturated heterocycles. The molecule has 1 unspecified atom stereocenters. The van der Waals surface area contributed by atoms with E-state index in [0.717, 1.165) is 58.3 Å². The second-order valence-corrected chi connectivity index (χ2v) is 15.6. The predicted molar refractivity (Wildman–Crippen MR) is 231 cm³/mol. The fraction of sp³-hybridized carbons (Fsp3) is 0.735. The number of aromatic nitrogens is 1. The van der Waals surface area contributed by atoms with Crippen molar-refractivity contribution in [2.24, 2.45) is 0 Å². The molecule has 1 fully saturated rings. The molecule has 1 aromatic rings. The van der Waals surface area contributed by atoms with Crippen LogP contribution < -0.4 is 0 Å². The summed E-state index contributed by atoms with van der Waals surface area (Å²) >= 11 is 0. The Morgan fingerprint density at radius 1 is 0.604 bits per heavy atom. The minimum atomic E-state index is -0.364. The van der Waals surface area contributed by atoms with Crippen molar-refractivity contribution < 1.29 is 9.47 Å². The Balaban J connectivity index is 1.65. The Kier molecular flexibility index (Phi) is 30.7. The molecule has 302 valence electrons. The van der Waals surface area contributed by atoms with Crippen LogP contribution in [0.5, 0.6) is 0 Å². The van der Waals surface area contributed by atoms with Crippen molar-refractivity contribution in [2.75, 3.05) is 19.7 Å². The van der Waals surface area contributed by atoms with Gasteiger partial charge in [-0.15, -0.1) is 0 Å². The summed E-state index contributed by atoms with van der Waals surface area (Å²) in [5.74, 6) is -0.364. The summed E-state index contributed by atoms with van der Waals surface area (Å²) in [6.07, 6.45) is 56.8. The van der Waals surface area contributed by atoms with Crippen molar-refractivity contribution in [3.8, 4) is 0 Å². The van der Waals surface area contributed by atoms with Gasteiger partial charge in [0, 0.05) is 38.3 Å². The zero-order chi connectivity index (χ0) is 37.8. The van der Waals surface area contributed by atoms with Crippen LogP contribution >= 0.6 is 0 Å². The number of pyridine rings is 1. The van der Waals surface area contributed by atoms with E-state index >= 15 is 0 Å². The Labute approximate surface area is 329 Å². The van der Waals surface area contributed by atoms with Crippen LogP contribution in [0.15, 0.2) is 73.1 Å². The van der Waals surface area contributed by atoms with E-state index in [2.05, 4.69) is 91.4 Å². The Bertz CT molecular complexity index is 1000. The van der Waals surface area contributed by atoms with E-state index in [0.29, 0.717) is 0 Å². The topological polar surface area (TPSA) is 34.6 Å². The highest BCUT2D eigenvalue weighted by Crippen LogP contribution is 2.36. The zero-order valence-electron chi connectivity index (χ0n) is 35.1. The van der Waals surface area contributed by atoms with Gasteiger partial charge in [-0.05, 0) is 108 Å². The predicted octanol–water partition coefficient (Wildman–Crippen LogP) is 14.8. The molecular weight excluding hydrogens is 649 g/mol. The molecule has 4 heteroatoms. The number of ether oxygens (including phenoxy) is 2. The van der Waals surface area contributed by atoms with Crippen LogP contribution in [0.4, 0.5) is 0 Å². The molecule has 53 heavy (non-hydrogen) atoms. The third-order valence-corrected chi connectivity index (χ3v) is 10.8. The average Bonchev–Trinajstić information content (AvgIpc) is 3.59. The Hall–Kier alpha value is -2.01. The van der Waals surface area contributed by atoms with Gasteiger partial charge in [0.15, 0.2) is 5.79 Å². The van der Waals surface area contributed by atoms with Gasteiger partial charge in [-0.1, -0.05) is 146 Å². The second kappa shape index (κ2) is 34.5. The minimum Gasteiger partial charge on any atom is -0.347 e. The number of hydrogen-bond donors (Lipinski definition) is 0. The molecule has 1 aliphatic heterocycles. The van der Waals surface area contributed by atoms with Gasteiger partial charge in [0.1, 0.15) is 0 Å².